The highest BCUT2D eigenvalue weighted by atomic mass is 16.5. The molecule has 1 aliphatic rings. The van der Waals surface area contributed by atoms with E-state index in [2.05, 4.69) is 5.32 Å². The molecule has 1 aliphatic heterocycles. The lowest BCUT2D eigenvalue weighted by molar-refractivity contribution is -0.152. The van der Waals surface area contributed by atoms with Crippen LogP contribution in [0.5, 0.6) is 0 Å². The van der Waals surface area contributed by atoms with Crippen molar-refractivity contribution >= 4 is 5.97 Å². The van der Waals surface area contributed by atoms with Gasteiger partial charge in [0, 0.05) is 12.6 Å². The summed E-state index contributed by atoms with van der Waals surface area (Å²) in [4.78, 5) is 11.9. The number of methoxy groups -OCH3 is 1. The molecular formula is C13H17NO2. The van der Waals surface area contributed by atoms with Crippen LogP contribution in [-0.2, 0) is 14.9 Å². The van der Waals surface area contributed by atoms with Gasteiger partial charge in [-0.2, -0.15) is 0 Å². The van der Waals surface area contributed by atoms with Crippen molar-refractivity contribution < 1.29 is 9.53 Å². The van der Waals surface area contributed by atoms with Gasteiger partial charge in [-0.1, -0.05) is 29.8 Å². The van der Waals surface area contributed by atoms with E-state index in [-0.39, 0.29) is 12.0 Å². The number of aryl methyl sites for hydroxylation is 1. The molecule has 0 aliphatic carbocycles. The molecular weight excluding hydrogens is 202 g/mol. The third kappa shape index (κ3) is 1.43. The predicted octanol–water partition coefficient (Wildman–Crippen LogP) is 1.40. The van der Waals surface area contributed by atoms with Gasteiger partial charge in [-0.15, -0.1) is 0 Å². The molecule has 86 valence electrons. The van der Waals surface area contributed by atoms with Gasteiger partial charge in [0.15, 0.2) is 0 Å². The fourth-order valence-electron chi connectivity index (χ4n) is 2.26. The van der Waals surface area contributed by atoms with Crippen molar-refractivity contribution in [3.8, 4) is 0 Å². The van der Waals surface area contributed by atoms with E-state index >= 15 is 0 Å². The van der Waals surface area contributed by atoms with Gasteiger partial charge in [-0.3, -0.25) is 4.79 Å². The molecule has 3 heteroatoms. The quantitative estimate of drug-likeness (QED) is 0.764. The standard InChI is InChI=1S/C13H17NO2/c1-9-4-6-11(7-5-9)13(12(15)16-3)8-14-10(13)2/h4-7,10,14H,8H2,1-3H3. The molecule has 1 aromatic rings. The van der Waals surface area contributed by atoms with Crippen LogP contribution in [0.1, 0.15) is 18.1 Å². The van der Waals surface area contributed by atoms with Gasteiger partial charge in [-0.25, -0.2) is 0 Å². The molecule has 0 bridgehead atoms. The molecule has 1 heterocycles. The van der Waals surface area contributed by atoms with Crippen molar-refractivity contribution in [1.29, 1.82) is 0 Å². The Labute approximate surface area is 95.8 Å². The predicted molar refractivity (Wildman–Crippen MR) is 62.3 cm³/mol. The smallest absolute Gasteiger partial charge is 0.319 e. The summed E-state index contributed by atoms with van der Waals surface area (Å²) in [6, 6.07) is 8.23. The summed E-state index contributed by atoms with van der Waals surface area (Å²) < 4.78 is 4.93. The zero-order valence-electron chi connectivity index (χ0n) is 9.91. The Kier molecular flexibility index (Phi) is 2.72. The van der Waals surface area contributed by atoms with E-state index in [1.54, 1.807) is 0 Å². The monoisotopic (exact) mass is 219 g/mol. The number of ether oxygens (including phenoxy) is 1. The zero-order valence-corrected chi connectivity index (χ0v) is 9.91. The van der Waals surface area contributed by atoms with Crippen LogP contribution in [0.3, 0.4) is 0 Å². The van der Waals surface area contributed by atoms with Crippen LogP contribution in [0.15, 0.2) is 24.3 Å². The Bertz CT molecular complexity index is 399. The van der Waals surface area contributed by atoms with Crippen LogP contribution >= 0.6 is 0 Å². The first-order valence-electron chi connectivity index (χ1n) is 5.50. The number of rotatable bonds is 2. The fourth-order valence-corrected chi connectivity index (χ4v) is 2.26. The number of hydrogen-bond donors (Lipinski definition) is 1. The average Bonchev–Trinajstić information content (AvgIpc) is 2.30. The van der Waals surface area contributed by atoms with Gasteiger partial charge in [0.1, 0.15) is 5.41 Å². The van der Waals surface area contributed by atoms with Crippen molar-refractivity contribution in [2.45, 2.75) is 25.3 Å². The third-order valence-corrected chi connectivity index (χ3v) is 3.54. The van der Waals surface area contributed by atoms with Crippen LogP contribution in [-0.4, -0.2) is 25.7 Å². The molecule has 0 spiro atoms. The number of hydrogen-bond acceptors (Lipinski definition) is 3. The molecule has 0 aromatic heterocycles. The maximum absolute atomic E-state index is 11.9. The molecule has 0 saturated carbocycles. The maximum atomic E-state index is 11.9. The summed E-state index contributed by atoms with van der Waals surface area (Å²) in [5.41, 5.74) is 1.74. The van der Waals surface area contributed by atoms with Gasteiger partial charge in [0.05, 0.1) is 7.11 Å². The van der Waals surface area contributed by atoms with Gasteiger partial charge in [-0.05, 0) is 19.4 Å². The van der Waals surface area contributed by atoms with Crippen LogP contribution in [0.2, 0.25) is 0 Å². The molecule has 2 rings (SSSR count). The lowest BCUT2D eigenvalue weighted by Crippen LogP contribution is -2.68. The van der Waals surface area contributed by atoms with Gasteiger partial charge < -0.3 is 10.1 Å². The normalized spacial score (nSPS) is 28.3. The van der Waals surface area contributed by atoms with E-state index in [1.807, 2.05) is 38.1 Å². The van der Waals surface area contributed by atoms with Crippen molar-refractivity contribution in [1.82, 2.24) is 5.32 Å². The van der Waals surface area contributed by atoms with Crippen molar-refractivity contribution in [2.24, 2.45) is 0 Å². The molecule has 0 amide bonds. The summed E-state index contributed by atoms with van der Waals surface area (Å²) >= 11 is 0. The average molecular weight is 219 g/mol. The number of carbonyl (C=O) groups is 1. The Morgan fingerprint density at radius 3 is 2.44 bits per heavy atom. The second-order valence-corrected chi connectivity index (χ2v) is 4.43. The first-order valence-corrected chi connectivity index (χ1v) is 5.50. The highest BCUT2D eigenvalue weighted by molar-refractivity contribution is 5.86. The molecule has 0 radical (unpaired) electrons. The first-order chi connectivity index (χ1) is 7.61. The zero-order chi connectivity index (χ0) is 11.8. The number of esters is 1. The topological polar surface area (TPSA) is 38.3 Å². The molecule has 1 N–H and O–H groups in total. The van der Waals surface area contributed by atoms with Crippen LogP contribution in [0.4, 0.5) is 0 Å². The minimum absolute atomic E-state index is 0.127. The Hall–Kier alpha value is -1.35. The van der Waals surface area contributed by atoms with Gasteiger partial charge in [0.25, 0.3) is 0 Å². The molecule has 2 atom stereocenters. The van der Waals surface area contributed by atoms with Crippen LogP contribution in [0, 0.1) is 6.92 Å². The van der Waals surface area contributed by atoms with E-state index in [0.717, 1.165) is 5.56 Å². The summed E-state index contributed by atoms with van der Waals surface area (Å²) in [5, 5.41) is 3.23. The number of nitrogens with one attached hydrogen (secondary N) is 1. The Morgan fingerprint density at radius 1 is 1.44 bits per heavy atom. The summed E-state index contributed by atoms with van der Waals surface area (Å²) in [6.45, 7) is 4.71. The van der Waals surface area contributed by atoms with Crippen molar-refractivity contribution in [2.75, 3.05) is 13.7 Å². The summed E-state index contributed by atoms with van der Waals surface area (Å²) in [6.07, 6.45) is 0. The number of carbonyl (C=O) groups excluding carboxylic acids is 1. The van der Waals surface area contributed by atoms with Crippen molar-refractivity contribution in [3.05, 3.63) is 35.4 Å². The second-order valence-electron chi connectivity index (χ2n) is 4.43. The van der Waals surface area contributed by atoms with E-state index in [9.17, 15) is 4.79 Å². The molecule has 2 unspecified atom stereocenters. The van der Waals surface area contributed by atoms with E-state index < -0.39 is 5.41 Å². The minimum atomic E-state index is -0.498. The molecule has 3 nitrogen and oxygen atoms in total. The Balaban J connectivity index is 2.41. The van der Waals surface area contributed by atoms with E-state index in [0.29, 0.717) is 6.54 Å². The largest absolute Gasteiger partial charge is 0.468 e. The molecule has 16 heavy (non-hydrogen) atoms. The van der Waals surface area contributed by atoms with E-state index in [1.165, 1.54) is 12.7 Å². The third-order valence-electron chi connectivity index (χ3n) is 3.54. The highest BCUT2D eigenvalue weighted by Gasteiger charge is 2.52. The molecule has 1 fully saturated rings. The second kappa shape index (κ2) is 3.91. The van der Waals surface area contributed by atoms with Crippen molar-refractivity contribution in [3.63, 3.8) is 0 Å². The van der Waals surface area contributed by atoms with Crippen LogP contribution < -0.4 is 5.32 Å². The lowest BCUT2D eigenvalue weighted by atomic mass is 9.69. The first kappa shape index (κ1) is 11.1. The van der Waals surface area contributed by atoms with Gasteiger partial charge in [0.2, 0.25) is 0 Å². The lowest BCUT2D eigenvalue weighted by Gasteiger charge is -2.46. The highest BCUT2D eigenvalue weighted by Crippen LogP contribution is 2.35. The maximum Gasteiger partial charge on any atom is 0.319 e. The SMILES string of the molecule is COC(=O)C1(c2ccc(C)cc2)CNC1C. The van der Waals surface area contributed by atoms with Gasteiger partial charge >= 0.3 is 5.97 Å². The van der Waals surface area contributed by atoms with E-state index in [4.69, 9.17) is 4.74 Å². The summed E-state index contributed by atoms with van der Waals surface area (Å²) in [7, 11) is 1.45. The molecule has 1 saturated heterocycles. The fraction of sp³-hybridized carbons (Fsp3) is 0.462. The van der Waals surface area contributed by atoms with Crippen LogP contribution in [0.25, 0.3) is 0 Å². The molecule has 1 aromatic carbocycles. The Morgan fingerprint density at radius 2 is 2.06 bits per heavy atom. The number of benzene rings is 1. The summed E-state index contributed by atoms with van der Waals surface area (Å²) in [5.74, 6) is -0.150. The minimum Gasteiger partial charge on any atom is -0.468 e.